The van der Waals surface area contributed by atoms with Gasteiger partial charge in [-0.25, -0.2) is 8.42 Å². The van der Waals surface area contributed by atoms with Crippen molar-refractivity contribution >= 4 is 33.2 Å². The van der Waals surface area contributed by atoms with Crippen LogP contribution in [0.3, 0.4) is 0 Å². The Labute approximate surface area is 202 Å². The van der Waals surface area contributed by atoms with Crippen LogP contribution in [0.1, 0.15) is 55.2 Å². The van der Waals surface area contributed by atoms with Crippen molar-refractivity contribution < 1.29 is 18.0 Å². The molecule has 34 heavy (non-hydrogen) atoms. The summed E-state index contributed by atoms with van der Waals surface area (Å²) >= 11 is 0. The first-order valence-corrected chi connectivity index (χ1v) is 13.4. The molecule has 1 atom stereocenters. The highest BCUT2D eigenvalue weighted by Crippen LogP contribution is 2.38. The Kier molecular flexibility index (Phi) is 6.98. The number of anilines is 2. The van der Waals surface area contributed by atoms with Gasteiger partial charge in [-0.2, -0.15) is 0 Å². The smallest absolute Gasteiger partial charge is 0.265 e. The van der Waals surface area contributed by atoms with Crippen molar-refractivity contribution in [1.29, 1.82) is 0 Å². The maximum absolute atomic E-state index is 14.1. The first kappa shape index (κ1) is 24.3. The molecule has 1 heterocycles. The van der Waals surface area contributed by atoms with Crippen LogP contribution in [-0.2, 0) is 19.6 Å². The highest BCUT2D eigenvalue weighted by Gasteiger charge is 2.43. The normalized spacial score (nSPS) is 18.9. The summed E-state index contributed by atoms with van der Waals surface area (Å²) < 4.78 is 29.3. The van der Waals surface area contributed by atoms with Crippen molar-refractivity contribution in [2.45, 2.75) is 70.2 Å². The van der Waals surface area contributed by atoms with E-state index in [1.807, 2.05) is 19.1 Å². The topological polar surface area (TPSA) is 95.6 Å². The number of carbonyl (C=O) groups is 2. The summed E-state index contributed by atoms with van der Waals surface area (Å²) in [7, 11) is -4.12. The van der Waals surface area contributed by atoms with Crippen LogP contribution in [0.15, 0.2) is 41.3 Å². The molecule has 2 N–H and O–H groups in total. The summed E-state index contributed by atoms with van der Waals surface area (Å²) in [6.07, 6.45) is 5.51. The van der Waals surface area contributed by atoms with Gasteiger partial charge in [-0.05, 0) is 62.8 Å². The lowest BCUT2D eigenvalue weighted by Crippen LogP contribution is -2.53. The number of aryl methyl sites for hydroxylation is 3. The molecule has 0 bridgehead atoms. The van der Waals surface area contributed by atoms with Gasteiger partial charge in [0, 0.05) is 6.54 Å². The van der Waals surface area contributed by atoms with Crippen molar-refractivity contribution in [2.75, 3.05) is 16.2 Å². The zero-order chi connectivity index (χ0) is 24.5. The fourth-order valence-electron chi connectivity index (χ4n) is 5.30. The van der Waals surface area contributed by atoms with E-state index in [0.717, 1.165) is 22.7 Å². The molecule has 182 valence electrons. The fourth-order valence-corrected chi connectivity index (χ4v) is 7.36. The third-order valence-corrected chi connectivity index (χ3v) is 8.93. The van der Waals surface area contributed by atoms with Gasteiger partial charge in [-0.15, -0.1) is 0 Å². The Hall–Kier alpha value is -2.87. The number of hydrogen-bond donors (Lipinski definition) is 2. The molecule has 0 saturated heterocycles. The van der Waals surface area contributed by atoms with Crippen LogP contribution in [0.2, 0.25) is 0 Å². The van der Waals surface area contributed by atoms with E-state index < -0.39 is 22.0 Å². The third-order valence-electron chi connectivity index (χ3n) is 6.80. The predicted octanol–water partition coefficient (Wildman–Crippen LogP) is 4.21. The van der Waals surface area contributed by atoms with E-state index in [0.29, 0.717) is 35.0 Å². The summed E-state index contributed by atoms with van der Waals surface area (Å²) in [5, 5.41) is 5.73. The molecule has 2 amide bonds. The molecule has 0 spiro atoms. The Bertz CT molecular complexity index is 1180. The fraction of sp³-hybridized carbons (Fsp3) is 0.462. The molecule has 0 aromatic heterocycles. The lowest BCUT2D eigenvalue weighted by atomic mass is 9.89. The summed E-state index contributed by atoms with van der Waals surface area (Å²) in [4.78, 5) is 26.2. The average molecular weight is 484 g/mol. The number of para-hydroxylation sites is 2. The molecular formula is C26H33N3O4S. The lowest BCUT2D eigenvalue weighted by Gasteiger charge is -2.37. The van der Waals surface area contributed by atoms with E-state index in [2.05, 4.69) is 10.6 Å². The maximum Gasteiger partial charge on any atom is 0.265 e. The number of rotatable bonds is 6. The molecule has 0 radical (unpaired) electrons. The molecule has 2 aliphatic rings. The summed E-state index contributed by atoms with van der Waals surface area (Å²) in [6, 6.07) is 9.27. The molecule has 4 rings (SSSR count). The Morgan fingerprint density at radius 2 is 1.71 bits per heavy atom. The minimum Gasteiger partial charge on any atom is -0.356 e. The van der Waals surface area contributed by atoms with Gasteiger partial charge < -0.3 is 10.6 Å². The van der Waals surface area contributed by atoms with Crippen LogP contribution in [0.25, 0.3) is 0 Å². The number of fused-ring (bicyclic) bond motifs is 1. The van der Waals surface area contributed by atoms with Gasteiger partial charge in [0.1, 0.15) is 6.04 Å². The number of nitrogens with one attached hydrogen (secondary N) is 2. The third kappa shape index (κ3) is 4.82. The highest BCUT2D eigenvalue weighted by molar-refractivity contribution is 7.93. The van der Waals surface area contributed by atoms with E-state index in [1.165, 1.54) is 19.3 Å². The Balaban J connectivity index is 1.68. The van der Waals surface area contributed by atoms with Crippen LogP contribution < -0.4 is 14.9 Å². The van der Waals surface area contributed by atoms with Gasteiger partial charge in [0.25, 0.3) is 10.0 Å². The molecule has 1 fully saturated rings. The van der Waals surface area contributed by atoms with Gasteiger partial charge in [0.15, 0.2) is 0 Å². The molecule has 2 aromatic rings. The molecule has 8 heteroatoms. The molecule has 2 aromatic carbocycles. The van der Waals surface area contributed by atoms with Crippen molar-refractivity contribution in [1.82, 2.24) is 5.32 Å². The van der Waals surface area contributed by atoms with Gasteiger partial charge in [-0.3, -0.25) is 13.9 Å². The number of benzene rings is 2. The SMILES string of the molecule is Cc1cc(C)c(S(=O)(=O)N2c3ccccc3NC(=O)[C@@H]2CC(=O)NCC2CCCCC2)c(C)c1. The van der Waals surface area contributed by atoms with Crippen molar-refractivity contribution in [2.24, 2.45) is 5.92 Å². The number of nitrogens with zero attached hydrogens (tertiary/aromatic N) is 1. The highest BCUT2D eigenvalue weighted by atomic mass is 32.2. The minimum absolute atomic E-state index is 0.176. The number of sulfonamides is 1. The second kappa shape index (κ2) is 9.78. The first-order chi connectivity index (χ1) is 16.2. The Morgan fingerprint density at radius 1 is 1.06 bits per heavy atom. The van der Waals surface area contributed by atoms with Crippen molar-refractivity contribution in [3.8, 4) is 0 Å². The molecule has 7 nitrogen and oxygen atoms in total. The lowest BCUT2D eigenvalue weighted by molar-refractivity contribution is -0.125. The second-order valence-electron chi connectivity index (χ2n) is 9.56. The summed E-state index contributed by atoms with van der Waals surface area (Å²) in [6.45, 7) is 6.00. The molecule has 0 unspecified atom stereocenters. The van der Waals surface area contributed by atoms with E-state index in [-0.39, 0.29) is 17.2 Å². The summed E-state index contributed by atoms with van der Waals surface area (Å²) in [5.41, 5.74) is 2.97. The number of amides is 2. The van der Waals surface area contributed by atoms with Crippen LogP contribution >= 0.6 is 0 Å². The zero-order valence-corrected chi connectivity index (χ0v) is 20.9. The van der Waals surface area contributed by atoms with Gasteiger partial charge in [-0.1, -0.05) is 49.1 Å². The minimum atomic E-state index is -4.12. The maximum atomic E-state index is 14.1. The van der Waals surface area contributed by atoms with E-state index in [1.54, 1.807) is 38.1 Å². The van der Waals surface area contributed by atoms with Gasteiger partial charge in [0.2, 0.25) is 11.8 Å². The number of carbonyl (C=O) groups excluding carboxylic acids is 2. The molecular weight excluding hydrogens is 450 g/mol. The predicted molar refractivity (Wildman–Crippen MR) is 133 cm³/mol. The van der Waals surface area contributed by atoms with Crippen LogP contribution in [-0.4, -0.2) is 32.8 Å². The van der Waals surface area contributed by atoms with E-state index in [4.69, 9.17) is 0 Å². The second-order valence-corrected chi connectivity index (χ2v) is 11.3. The van der Waals surface area contributed by atoms with Crippen molar-refractivity contribution in [3.63, 3.8) is 0 Å². The van der Waals surface area contributed by atoms with Crippen LogP contribution in [0.5, 0.6) is 0 Å². The zero-order valence-electron chi connectivity index (χ0n) is 20.1. The van der Waals surface area contributed by atoms with Crippen molar-refractivity contribution in [3.05, 3.63) is 53.1 Å². The summed E-state index contributed by atoms with van der Waals surface area (Å²) in [5.74, 6) is -0.378. The first-order valence-electron chi connectivity index (χ1n) is 12.0. The molecule has 1 aliphatic heterocycles. The van der Waals surface area contributed by atoms with E-state index >= 15 is 0 Å². The monoisotopic (exact) mass is 483 g/mol. The molecule has 1 saturated carbocycles. The van der Waals surface area contributed by atoms with E-state index in [9.17, 15) is 18.0 Å². The number of hydrogen-bond acceptors (Lipinski definition) is 4. The van der Waals surface area contributed by atoms with Gasteiger partial charge in [0.05, 0.1) is 22.7 Å². The molecule has 1 aliphatic carbocycles. The average Bonchev–Trinajstić information content (AvgIpc) is 2.77. The van der Waals surface area contributed by atoms with Crippen LogP contribution in [0, 0.1) is 26.7 Å². The standard InChI is InChI=1S/C26H33N3O4S/c1-17-13-18(2)25(19(3)14-17)34(32,33)29-22-12-8-7-11-21(22)28-26(31)23(29)15-24(30)27-16-20-9-5-4-6-10-20/h7-8,11-14,20,23H,4-6,9-10,15-16H2,1-3H3,(H,27,30)(H,28,31)/t23-/m0/s1. The quantitative estimate of drug-likeness (QED) is 0.643. The largest absolute Gasteiger partial charge is 0.356 e. The van der Waals surface area contributed by atoms with Crippen LogP contribution in [0.4, 0.5) is 11.4 Å². The van der Waals surface area contributed by atoms with Gasteiger partial charge >= 0.3 is 0 Å². The Morgan fingerprint density at radius 3 is 2.38 bits per heavy atom.